The maximum Gasteiger partial charge on any atom is 0.328 e. The Morgan fingerprint density at radius 1 is 1.20 bits per heavy atom. The zero-order valence-electron chi connectivity index (χ0n) is 12.5. The summed E-state index contributed by atoms with van der Waals surface area (Å²) in [6, 6.07) is 7.92. The number of likely N-dealkylation sites (N-methyl/N-ethyl adjacent to an activating group) is 1. The highest BCUT2D eigenvalue weighted by molar-refractivity contribution is 5.87. The molecule has 20 heavy (non-hydrogen) atoms. The van der Waals surface area contributed by atoms with Crippen molar-refractivity contribution in [2.45, 2.75) is 13.3 Å². The van der Waals surface area contributed by atoms with E-state index >= 15 is 0 Å². The highest BCUT2D eigenvalue weighted by Crippen LogP contribution is 2.22. The Kier molecular flexibility index (Phi) is 6.81. The van der Waals surface area contributed by atoms with E-state index in [9.17, 15) is 4.79 Å². The number of carboxylic acids is 1. The maximum absolute atomic E-state index is 10.7. The molecule has 0 saturated heterocycles. The Bertz CT molecular complexity index is 456. The van der Waals surface area contributed by atoms with Crippen LogP contribution in [0.2, 0.25) is 0 Å². The van der Waals surface area contributed by atoms with E-state index in [0.717, 1.165) is 37.3 Å². The zero-order chi connectivity index (χ0) is 15.0. The molecule has 1 aromatic rings. The van der Waals surface area contributed by atoms with Gasteiger partial charge in [-0.05, 0) is 38.2 Å². The first kappa shape index (κ1) is 16.2. The lowest BCUT2D eigenvalue weighted by Gasteiger charge is -2.27. The largest absolute Gasteiger partial charge is 0.478 e. The minimum atomic E-state index is -0.921. The van der Waals surface area contributed by atoms with Gasteiger partial charge in [0, 0.05) is 31.4 Å². The van der Waals surface area contributed by atoms with E-state index in [1.165, 1.54) is 6.08 Å². The minimum Gasteiger partial charge on any atom is -0.478 e. The van der Waals surface area contributed by atoms with Gasteiger partial charge in [-0.15, -0.1) is 0 Å². The Morgan fingerprint density at radius 3 is 2.50 bits per heavy atom. The Balaban J connectivity index is 2.96. The van der Waals surface area contributed by atoms with E-state index in [0.29, 0.717) is 0 Å². The van der Waals surface area contributed by atoms with Crippen molar-refractivity contribution in [2.24, 2.45) is 0 Å². The van der Waals surface area contributed by atoms with Gasteiger partial charge in [-0.25, -0.2) is 4.79 Å². The average molecular weight is 276 g/mol. The Morgan fingerprint density at radius 2 is 1.90 bits per heavy atom. The molecule has 0 aromatic heterocycles. The normalized spacial score (nSPS) is 11.2. The molecule has 0 fully saturated rings. The lowest BCUT2D eigenvalue weighted by atomic mass is 10.1. The van der Waals surface area contributed by atoms with Crippen LogP contribution in [0.25, 0.3) is 6.08 Å². The fourth-order valence-electron chi connectivity index (χ4n) is 2.02. The summed E-state index contributed by atoms with van der Waals surface area (Å²) >= 11 is 0. The fraction of sp³-hybridized carbons (Fsp3) is 0.438. The number of para-hydroxylation sites is 1. The highest BCUT2D eigenvalue weighted by Gasteiger charge is 2.09. The third-order valence-electron chi connectivity index (χ3n) is 2.99. The van der Waals surface area contributed by atoms with Crippen molar-refractivity contribution < 1.29 is 9.90 Å². The maximum atomic E-state index is 10.7. The zero-order valence-corrected chi connectivity index (χ0v) is 12.5. The molecule has 0 radical (unpaired) electrons. The van der Waals surface area contributed by atoms with Crippen molar-refractivity contribution in [3.63, 3.8) is 0 Å². The standard InChI is InChI=1S/C16H24N2O2/c1-4-11-18(13-12-17(2)3)15-8-6-5-7-14(15)9-10-16(19)20/h5-10H,4,11-13H2,1-3H3,(H,19,20). The van der Waals surface area contributed by atoms with E-state index in [1.807, 2.05) is 24.3 Å². The Labute approximate surface area is 121 Å². The van der Waals surface area contributed by atoms with Gasteiger partial charge in [0.05, 0.1) is 0 Å². The second-order valence-corrected chi connectivity index (χ2v) is 5.02. The van der Waals surface area contributed by atoms with E-state index in [-0.39, 0.29) is 0 Å². The van der Waals surface area contributed by atoms with Gasteiger partial charge >= 0.3 is 5.97 Å². The number of aliphatic carboxylic acids is 1. The third-order valence-corrected chi connectivity index (χ3v) is 2.99. The van der Waals surface area contributed by atoms with Gasteiger partial charge in [-0.2, -0.15) is 0 Å². The van der Waals surface area contributed by atoms with Gasteiger partial charge in [-0.1, -0.05) is 25.1 Å². The van der Waals surface area contributed by atoms with Gasteiger partial charge in [0.2, 0.25) is 0 Å². The highest BCUT2D eigenvalue weighted by atomic mass is 16.4. The predicted octanol–water partition coefficient (Wildman–Crippen LogP) is 2.56. The van der Waals surface area contributed by atoms with Crippen molar-refractivity contribution >= 4 is 17.7 Å². The molecule has 4 heteroatoms. The topological polar surface area (TPSA) is 43.8 Å². The summed E-state index contributed by atoms with van der Waals surface area (Å²) in [5, 5.41) is 8.78. The molecular formula is C16H24N2O2. The van der Waals surface area contributed by atoms with Crippen molar-refractivity contribution in [3.8, 4) is 0 Å². The van der Waals surface area contributed by atoms with Gasteiger partial charge in [0.15, 0.2) is 0 Å². The van der Waals surface area contributed by atoms with E-state index in [4.69, 9.17) is 5.11 Å². The molecule has 0 saturated carbocycles. The lowest BCUT2D eigenvalue weighted by Crippen LogP contribution is -2.32. The smallest absolute Gasteiger partial charge is 0.328 e. The molecule has 1 rings (SSSR count). The molecule has 0 amide bonds. The van der Waals surface area contributed by atoms with Crippen LogP contribution in [-0.4, -0.2) is 49.7 Å². The van der Waals surface area contributed by atoms with Crippen LogP contribution in [0.5, 0.6) is 0 Å². The van der Waals surface area contributed by atoms with Crippen LogP contribution in [0.4, 0.5) is 5.69 Å². The molecule has 0 spiro atoms. The van der Waals surface area contributed by atoms with Crippen LogP contribution in [-0.2, 0) is 4.79 Å². The van der Waals surface area contributed by atoms with Gasteiger partial charge in [0.1, 0.15) is 0 Å². The molecule has 0 atom stereocenters. The van der Waals surface area contributed by atoms with Crippen LogP contribution in [0.1, 0.15) is 18.9 Å². The summed E-state index contributed by atoms with van der Waals surface area (Å²) in [4.78, 5) is 15.1. The van der Waals surface area contributed by atoms with E-state index in [2.05, 4.69) is 30.8 Å². The van der Waals surface area contributed by atoms with Crippen molar-refractivity contribution in [1.29, 1.82) is 0 Å². The van der Waals surface area contributed by atoms with Gasteiger partial charge < -0.3 is 14.9 Å². The molecule has 0 aliphatic heterocycles. The SMILES string of the molecule is CCCN(CCN(C)C)c1ccccc1C=CC(=O)O. The summed E-state index contributed by atoms with van der Waals surface area (Å²) in [7, 11) is 4.11. The summed E-state index contributed by atoms with van der Waals surface area (Å²) in [5.41, 5.74) is 2.04. The van der Waals surface area contributed by atoms with Crippen molar-refractivity contribution in [1.82, 2.24) is 4.90 Å². The van der Waals surface area contributed by atoms with Crippen molar-refractivity contribution in [2.75, 3.05) is 38.6 Å². The first-order valence-corrected chi connectivity index (χ1v) is 6.94. The number of carbonyl (C=O) groups is 1. The number of carboxylic acid groups (broad SMARTS) is 1. The van der Waals surface area contributed by atoms with Crippen LogP contribution in [0, 0.1) is 0 Å². The summed E-state index contributed by atoms with van der Waals surface area (Å²) in [6.45, 7) is 5.01. The van der Waals surface area contributed by atoms with Crippen LogP contribution >= 0.6 is 0 Å². The molecule has 0 bridgehead atoms. The summed E-state index contributed by atoms with van der Waals surface area (Å²) < 4.78 is 0. The molecule has 0 heterocycles. The van der Waals surface area contributed by atoms with Crippen LogP contribution < -0.4 is 4.90 Å². The van der Waals surface area contributed by atoms with Crippen LogP contribution in [0.3, 0.4) is 0 Å². The second-order valence-electron chi connectivity index (χ2n) is 5.02. The number of nitrogens with zero attached hydrogens (tertiary/aromatic N) is 2. The average Bonchev–Trinajstić information content (AvgIpc) is 2.41. The molecule has 0 aliphatic carbocycles. The number of hydrogen-bond donors (Lipinski definition) is 1. The lowest BCUT2D eigenvalue weighted by molar-refractivity contribution is -0.131. The predicted molar refractivity (Wildman–Crippen MR) is 84.2 cm³/mol. The van der Waals surface area contributed by atoms with Gasteiger partial charge in [0.25, 0.3) is 0 Å². The molecule has 0 aliphatic rings. The van der Waals surface area contributed by atoms with Crippen LogP contribution in [0.15, 0.2) is 30.3 Å². The first-order valence-electron chi connectivity index (χ1n) is 6.94. The minimum absolute atomic E-state index is 0.921. The summed E-state index contributed by atoms with van der Waals surface area (Å²) in [6.07, 6.45) is 3.91. The monoisotopic (exact) mass is 276 g/mol. The molecule has 0 unspecified atom stereocenters. The molecule has 1 aromatic carbocycles. The molecule has 1 N–H and O–H groups in total. The van der Waals surface area contributed by atoms with E-state index in [1.54, 1.807) is 6.08 Å². The number of rotatable bonds is 8. The molecule has 4 nitrogen and oxygen atoms in total. The van der Waals surface area contributed by atoms with Gasteiger partial charge in [-0.3, -0.25) is 0 Å². The number of hydrogen-bond acceptors (Lipinski definition) is 3. The fourth-order valence-corrected chi connectivity index (χ4v) is 2.02. The number of anilines is 1. The van der Waals surface area contributed by atoms with Crippen molar-refractivity contribution in [3.05, 3.63) is 35.9 Å². The Hall–Kier alpha value is -1.81. The first-order chi connectivity index (χ1) is 9.54. The van der Waals surface area contributed by atoms with E-state index < -0.39 is 5.97 Å². The number of benzene rings is 1. The quantitative estimate of drug-likeness (QED) is 0.741. The molecule has 110 valence electrons. The second kappa shape index (κ2) is 8.38. The molecular weight excluding hydrogens is 252 g/mol. The summed E-state index contributed by atoms with van der Waals surface area (Å²) in [5.74, 6) is -0.921. The third kappa shape index (κ3) is 5.45.